The van der Waals surface area contributed by atoms with Gasteiger partial charge < -0.3 is 14.6 Å². The van der Waals surface area contributed by atoms with E-state index in [1.165, 1.54) is 0 Å². The Morgan fingerprint density at radius 1 is 1.30 bits per heavy atom. The van der Waals surface area contributed by atoms with Crippen LogP contribution in [0.15, 0.2) is 60.6 Å². The van der Waals surface area contributed by atoms with Crippen LogP contribution in [0.25, 0.3) is 11.8 Å². The lowest BCUT2D eigenvalue weighted by molar-refractivity contribution is -0.117. The Balaban J connectivity index is 1.77. The van der Waals surface area contributed by atoms with Crippen LogP contribution in [0.1, 0.15) is 28.3 Å². The zero-order valence-electron chi connectivity index (χ0n) is 17.2. The number of methoxy groups -OCH3 is 1. The van der Waals surface area contributed by atoms with Gasteiger partial charge in [0.15, 0.2) is 0 Å². The van der Waals surface area contributed by atoms with Gasteiger partial charge in [-0.15, -0.1) is 0 Å². The van der Waals surface area contributed by atoms with E-state index in [4.69, 9.17) is 4.74 Å². The van der Waals surface area contributed by atoms with Crippen LogP contribution in [0.3, 0.4) is 0 Å². The first-order chi connectivity index (χ1) is 14.5. The number of benzene rings is 2. The number of nitrogens with one attached hydrogen (secondary N) is 1. The number of rotatable bonds is 5. The SMILES string of the molecule is CNC(=O)C(=Cc1ccc(-n2cnc(C)c2)c(OC)c1)[C@@H]1c2ccccc2C[C@H]1F. The molecular weight excluding hydrogens is 381 g/mol. The van der Waals surface area contributed by atoms with Gasteiger partial charge in [-0.25, -0.2) is 9.37 Å². The average molecular weight is 405 g/mol. The molecule has 0 spiro atoms. The van der Waals surface area contributed by atoms with Crippen LogP contribution in [0.4, 0.5) is 4.39 Å². The Bertz CT molecular complexity index is 1120. The van der Waals surface area contributed by atoms with Crippen molar-refractivity contribution < 1.29 is 13.9 Å². The first-order valence-corrected chi connectivity index (χ1v) is 9.86. The third-order valence-corrected chi connectivity index (χ3v) is 5.51. The topological polar surface area (TPSA) is 56.2 Å². The van der Waals surface area contributed by atoms with E-state index in [2.05, 4.69) is 10.3 Å². The maximum atomic E-state index is 15.0. The predicted molar refractivity (Wildman–Crippen MR) is 115 cm³/mol. The molecule has 0 radical (unpaired) electrons. The van der Waals surface area contributed by atoms with Crippen molar-refractivity contribution in [2.45, 2.75) is 25.4 Å². The fourth-order valence-corrected chi connectivity index (χ4v) is 4.08. The number of hydrogen-bond acceptors (Lipinski definition) is 3. The van der Waals surface area contributed by atoms with Crippen LogP contribution in [-0.2, 0) is 11.2 Å². The monoisotopic (exact) mass is 405 g/mol. The highest BCUT2D eigenvalue weighted by molar-refractivity contribution is 5.99. The molecule has 4 rings (SSSR count). The molecule has 1 N–H and O–H groups in total. The van der Waals surface area contributed by atoms with E-state index in [0.717, 1.165) is 28.1 Å². The minimum Gasteiger partial charge on any atom is -0.495 e. The molecule has 2 atom stereocenters. The second-order valence-electron chi connectivity index (χ2n) is 7.43. The summed E-state index contributed by atoms with van der Waals surface area (Å²) in [5.74, 6) is -0.239. The molecule has 3 aromatic rings. The fraction of sp³-hybridized carbons (Fsp3) is 0.250. The lowest BCUT2D eigenvalue weighted by Gasteiger charge is -2.18. The Morgan fingerprint density at radius 2 is 2.10 bits per heavy atom. The second-order valence-corrected chi connectivity index (χ2v) is 7.43. The van der Waals surface area contributed by atoms with E-state index >= 15 is 4.39 Å². The van der Waals surface area contributed by atoms with Crippen molar-refractivity contribution in [3.63, 3.8) is 0 Å². The molecule has 6 heteroatoms. The summed E-state index contributed by atoms with van der Waals surface area (Å²) in [5, 5.41) is 2.66. The van der Waals surface area contributed by atoms with Gasteiger partial charge in [-0.05, 0) is 41.8 Å². The highest BCUT2D eigenvalue weighted by Gasteiger charge is 2.37. The van der Waals surface area contributed by atoms with E-state index in [0.29, 0.717) is 17.7 Å². The van der Waals surface area contributed by atoms with Gasteiger partial charge in [-0.2, -0.15) is 0 Å². The minimum absolute atomic E-state index is 0.285. The third kappa shape index (κ3) is 3.61. The lowest BCUT2D eigenvalue weighted by atomic mass is 9.89. The van der Waals surface area contributed by atoms with E-state index in [1.54, 1.807) is 26.6 Å². The number of alkyl halides is 1. The lowest BCUT2D eigenvalue weighted by Crippen LogP contribution is -2.26. The summed E-state index contributed by atoms with van der Waals surface area (Å²) < 4.78 is 22.5. The molecule has 0 unspecified atom stereocenters. The van der Waals surface area contributed by atoms with Crippen molar-refractivity contribution in [1.82, 2.24) is 14.9 Å². The number of hydrogen-bond donors (Lipinski definition) is 1. The smallest absolute Gasteiger partial charge is 0.247 e. The summed E-state index contributed by atoms with van der Waals surface area (Å²) in [4.78, 5) is 17.0. The summed E-state index contributed by atoms with van der Waals surface area (Å²) in [7, 11) is 3.16. The first kappa shape index (κ1) is 19.9. The number of aromatic nitrogens is 2. The van der Waals surface area contributed by atoms with Gasteiger partial charge in [0.05, 0.1) is 24.8 Å². The van der Waals surface area contributed by atoms with Gasteiger partial charge in [-0.1, -0.05) is 30.3 Å². The highest BCUT2D eigenvalue weighted by Crippen LogP contribution is 2.41. The van der Waals surface area contributed by atoms with Crippen molar-refractivity contribution >= 4 is 12.0 Å². The number of nitrogens with zero attached hydrogens (tertiary/aromatic N) is 2. The Kier molecular flexibility index (Phi) is 5.40. The number of ether oxygens (including phenoxy) is 1. The highest BCUT2D eigenvalue weighted by atomic mass is 19.1. The van der Waals surface area contributed by atoms with Crippen molar-refractivity contribution in [3.05, 3.63) is 82.9 Å². The molecule has 0 fully saturated rings. The molecule has 0 aliphatic heterocycles. The number of amides is 1. The van der Waals surface area contributed by atoms with Crippen LogP contribution in [0.5, 0.6) is 5.75 Å². The standard InChI is InChI=1S/C24H24FN3O2/c1-15-13-28(14-27-15)21-9-8-16(11-22(21)30-3)10-19(24(29)26-2)23-18-7-5-4-6-17(18)12-20(23)25/h4-11,13-14,20,23H,12H2,1-3H3,(H,26,29)/t20-,23+/m1/s1. The zero-order chi connectivity index (χ0) is 21.3. The van der Waals surface area contributed by atoms with Gasteiger partial charge in [0.1, 0.15) is 11.9 Å². The largest absolute Gasteiger partial charge is 0.495 e. The molecule has 154 valence electrons. The second kappa shape index (κ2) is 8.14. The molecule has 0 saturated carbocycles. The number of carbonyl (C=O) groups excluding carboxylic acids is 1. The van der Waals surface area contributed by atoms with Gasteiger partial charge >= 0.3 is 0 Å². The van der Waals surface area contributed by atoms with Gasteiger partial charge in [-0.3, -0.25) is 4.79 Å². The van der Waals surface area contributed by atoms with Gasteiger partial charge in [0.25, 0.3) is 0 Å². The van der Waals surface area contributed by atoms with Crippen LogP contribution in [0.2, 0.25) is 0 Å². The Labute approximate surface area is 175 Å². The zero-order valence-corrected chi connectivity index (χ0v) is 17.2. The summed E-state index contributed by atoms with van der Waals surface area (Å²) in [5.41, 5.74) is 4.74. The molecule has 1 heterocycles. The third-order valence-electron chi connectivity index (χ3n) is 5.51. The van der Waals surface area contributed by atoms with Crippen molar-refractivity contribution in [2.75, 3.05) is 14.2 Å². The Hall–Kier alpha value is -3.41. The maximum absolute atomic E-state index is 15.0. The minimum atomic E-state index is -1.14. The summed E-state index contributed by atoms with van der Waals surface area (Å²) in [6.07, 6.45) is 4.57. The van der Waals surface area contributed by atoms with Crippen LogP contribution in [0, 0.1) is 6.92 Å². The number of halogens is 1. The molecule has 2 aromatic carbocycles. The first-order valence-electron chi connectivity index (χ1n) is 9.86. The summed E-state index contributed by atoms with van der Waals surface area (Å²) in [6.45, 7) is 1.92. The fourth-order valence-electron chi connectivity index (χ4n) is 4.08. The van der Waals surface area contributed by atoms with Gasteiger partial charge in [0.2, 0.25) is 5.91 Å². The number of carbonyl (C=O) groups is 1. The van der Waals surface area contributed by atoms with E-state index in [1.807, 2.05) is 60.2 Å². The van der Waals surface area contributed by atoms with E-state index in [9.17, 15) is 4.79 Å². The van der Waals surface area contributed by atoms with Crippen LogP contribution in [-0.4, -0.2) is 35.8 Å². The molecule has 1 aliphatic rings. The van der Waals surface area contributed by atoms with Crippen molar-refractivity contribution in [3.8, 4) is 11.4 Å². The van der Waals surface area contributed by atoms with Crippen LogP contribution >= 0.6 is 0 Å². The molecule has 0 bridgehead atoms. The predicted octanol–water partition coefficient (Wildman–Crippen LogP) is 4.00. The van der Waals surface area contributed by atoms with E-state index < -0.39 is 12.1 Å². The number of imidazole rings is 1. The summed E-state index contributed by atoms with van der Waals surface area (Å²) >= 11 is 0. The molecular formula is C24H24FN3O2. The molecule has 5 nitrogen and oxygen atoms in total. The average Bonchev–Trinajstić information content (AvgIpc) is 3.33. The Morgan fingerprint density at radius 3 is 2.80 bits per heavy atom. The van der Waals surface area contributed by atoms with E-state index in [-0.39, 0.29) is 5.91 Å². The molecule has 30 heavy (non-hydrogen) atoms. The summed E-state index contributed by atoms with van der Waals surface area (Å²) in [6, 6.07) is 13.3. The van der Waals surface area contributed by atoms with Crippen molar-refractivity contribution in [2.24, 2.45) is 0 Å². The number of fused-ring (bicyclic) bond motifs is 1. The molecule has 1 amide bonds. The van der Waals surface area contributed by atoms with Crippen LogP contribution < -0.4 is 10.1 Å². The molecule has 1 aliphatic carbocycles. The van der Waals surface area contributed by atoms with Crippen molar-refractivity contribution in [1.29, 1.82) is 0 Å². The molecule has 1 aromatic heterocycles. The number of likely N-dealkylation sites (N-methyl/N-ethyl adjacent to an activating group) is 1. The quantitative estimate of drug-likeness (QED) is 0.653. The molecule has 0 saturated heterocycles. The number of aryl methyl sites for hydroxylation is 1. The normalized spacial score (nSPS) is 18.2. The maximum Gasteiger partial charge on any atom is 0.247 e. The van der Waals surface area contributed by atoms with Gasteiger partial charge in [0, 0.05) is 31.2 Å².